The first-order chi connectivity index (χ1) is 8.88. The fourth-order valence-electron chi connectivity index (χ4n) is 2.37. The average molecular weight is 324 g/mol. The molecule has 0 saturated carbocycles. The maximum atomic E-state index is 11.6. The first kappa shape index (κ1) is 15.1. The van der Waals surface area contributed by atoms with E-state index in [1.165, 1.54) is 0 Å². The van der Waals surface area contributed by atoms with Crippen LogP contribution in [-0.4, -0.2) is 26.9 Å². The SMILES string of the molecule is NS(=O)(=O)[C@@H]1CCOC[C@@H]1Cc1ccc(Cl)c(Cl)c1. The van der Waals surface area contributed by atoms with Crippen LogP contribution in [0, 0.1) is 5.92 Å². The Morgan fingerprint density at radius 2 is 2.05 bits per heavy atom. The van der Waals surface area contributed by atoms with Gasteiger partial charge in [0, 0.05) is 12.5 Å². The molecule has 0 bridgehead atoms. The van der Waals surface area contributed by atoms with E-state index in [0.717, 1.165) is 5.56 Å². The van der Waals surface area contributed by atoms with Crippen molar-refractivity contribution in [3.8, 4) is 0 Å². The highest BCUT2D eigenvalue weighted by Crippen LogP contribution is 2.27. The second-order valence-electron chi connectivity index (χ2n) is 4.70. The molecule has 106 valence electrons. The topological polar surface area (TPSA) is 69.4 Å². The quantitative estimate of drug-likeness (QED) is 0.927. The zero-order valence-electron chi connectivity index (χ0n) is 10.2. The maximum Gasteiger partial charge on any atom is 0.212 e. The lowest BCUT2D eigenvalue weighted by Crippen LogP contribution is -2.42. The summed E-state index contributed by atoms with van der Waals surface area (Å²) in [6.45, 7) is 0.820. The minimum atomic E-state index is -3.55. The van der Waals surface area contributed by atoms with Gasteiger partial charge in [0.05, 0.1) is 21.9 Å². The molecule has 1 aromatic carbocycles. The largest absolute Gasteiger partial charge is 0.381 e. The fourth-order valence-corrected chi connectivity index (χ4v) is 3.83. The molecule has 2 N–H and O–H groups in total. The Morgan fingerprint density at radius 3 is 2.68 bits per heavy atom. The molecule has 1 aromatic rings. The van der Waals surface area contributed by atoms with Crippen molar-refractivity contribution in [3.63, 3.8) is 0 Å². The van der Waals surface area contributed by atoms with Gasteiger partial charge in [0.1, 0.15) is 0 Å². The summed E-state index contributed by atoms with van der Waals surface area (Å²) >= 11 is 11.8. The van der Waals surface area contributed by atoms with Gasteiger partial charge in [0.15, 0.2) is 0 Å². The summed E-state index contributed by atoms with van der Waals surface area (Å²) in [5.74, 6) is -0.152. The highest BCUT2D eigenvalue weighted by molar-refractivity contribution is 7.89. The van der Waals surface area contributed by atoms with E-state index in [1.54, 1.807) is 12.1 Å². The van der Waals surface area contributed by atoms with Crippen molar-refractivity contribution in [2.45, 2.75) is 18.1 Å². The third kappa shape index (κ3) is 3.83. The number of halogens is 2. The van der Waals surface area contributed by atoms with Crippen LogP contribution in [0.25, 0.3) is 0 Å². The summed E-state index contributed by atoms with van der Waals surface area (Å²) in [5, 5.41) is 5.66. The number of sulfonamides is 1. The van der Waals surface area contributed by atoms with Crippen molar-refractivity contribution in [3.05, 3.63) is 33.8 Å². The van der Waals surface area contributed by atoms with Gasteiger partial charge in [-0.25, -0.2) is 13.6 Å². The summed E-state index contributed by atoms with van der Waals surface area (Å²) < 4.78 is 28.5. The van der Waals surface area contributed by atoms with Crippen molar-refractivity contribution in [1.82, 2.24) is 0 Å². The predicted octanol–water partition coefficient (Wildman–Crippen LogP) is 2.23. The van der Waals surface area contributed by atoms with E-state index in [1.807, 2.05) is 6.07 Å². The zero-order valence-corrected chi connectivity index (χ0v) is 12.5. The van der Waals surface area contributed by atoms with E-state index in [-0.39, 0.29) is 5.92 Å². The summed E-state index contributed by atoms with van der Waals surface area (Å²) in [5.41, 5.74) is 0.929. The summed E-state index contributed by atoms with van der Waals surface area (Å²) in [6, 6.07) is 5.29. The van der Waals surface area contributed by atoms with Crippen LogP contribution < -0.4 is 5.14 Å². The molecular weight excluding hydrogens is 309 g/mol. The van der Waals surface area contributed by atoms with E-state index < -0.39 is 15.3 Å². The first-order valence-electron chi connectivity index (χ1n) is 5.91. The van der Waals surface area contributed by atoms with Crippen LogP contribution in [0.15, 0.2) is 18.2 Å². The summed E-state index contributed by atoms with van der Waals surface area (Å²) in [7, 11) is -3.55. The van der Waals surface area contributed by atoms with Crippen molar-refractivity contribution in [2.75, 3.05) is 13.2 Å². The van der Waals surface area contributed by atoms with Crippen LogP contribution in [0.2, 0.25) is 10.0 Å². The van der Waals surface area contributed by atoms with E-state index in [9.17, 15) is 8.42 Å². The molecule has 0 radical (unpaired) electrons. The molecule has 4 nitrogen and oxygen atoms in total. The van der Waals surface area contributed by atoms with Gasteiger partial charge in [0.25, 0.3) is 0 Å². The minimum Gasteiger partial charge on any atom is -0.381 e. The van der Waals surface area contributed by atoms with E-state index in [2.05, 4.69) is 0 Å². The Hall–Kier alpha value is -0.330. The van der Waals surface area contributed by atoms with Gasteiger partial charge in [-0.2, -0.15) is 0 Å². The molecule has 2 atom stereocenters. The third-order valence-corrected chi connectivity index (χ3v) is 5.51. The molecule has 1 heterocycles. The maximum absolute atomic E-state index is 11.6. The monoisotopic (exact) mass is 323 g/mol. The summed E-state index contributed by atoms with van der Waals surface area (Å²) in [6.07, 6.45) is 0.989. The van der Waals surface area contributed by atoms with Crippen LogP contribution in [0.4, 0.5) is 0 Å². The third-order valence-electron chi connectivity index (χ3n) is 3.31. The molecule has 1 saturated heterocycles. The molecule has 0 aliphatic carbocycles. The van der Waals surface area contributed by atoms with Gasteiger partial charge in [-0.3, -0.25) is 0 Å². The number of primary sulfonamides is 1. The molecule has 0 spiro atoms. The highest BCUT2D eigenvalue weighted by atomic mass is 35.5. The molecule has 1 aliphatic rings. The van der Waals surface area contributed by atoms with Crippen molar-refractivity contribution in [2.24, 2.45) is 11.1 Å². The number of hydrogen-bond donors (Lipinski definition) is 1. The normalized spacial score (nSPS) is 24.4. The lowest BCUT2D eigenvalue weighted by Gasteiger charge is -2.30. The predicted molar refractivity (Wildman–Crippen MR) is 76.0 cm³/mol. The van der Waals surface area contributed by atoms with E-state index in [4.69, 9.17) is 33.1 Å². The van der Waals surface area contributed by atoms with E-state index in [0.29, 0.717) is 36.1 Å². The number of rotatable bonds is 3. The highest BCUT2D eigenvalue weighted by Gasteiger charge is 2.34. The number of nitrogens with two attached hydrogens (primary N) is 1. The van der Waals surface area contributed by atoms with Gasteiger partial charge in [-0.1, -0.05) is 29.3 Å². The molecular formula is C12H15Cl2NO3S. The molecule has 7 heteroatoms. The zero-order chi connectivity index (χ0) is 14.0. The average Bonchev–Trinajstić information content (AvgIpc) is 2.33. The molecule has 0 aromatic heterocycles. The molecule has 0 unspecified atom stereocenters. The lowest BCUT2D eigenvalue weighted by molar-refractivity contribution is 0.0572. The van der Waals surface area contributed by atoms with Gasteiger partial charge in [-0.05, 0) is 30.5 Å². The molecule has 19 heavy (non-hydrogen) atoms. The van der Waals surface area contributed by atoms with Crippen LogP contribution in [-0.2, 0) is 21.2 Å². The van der Waals surface area contributed by atoms with Crippen LogP contribution in [0.1, 0.15) is 12.0 Å². The Bertz CT molecular complexity index is 562. The Labute approximate surface area is 122 Å². The van der Waals surface area contributed by atoms with Gasteiger partial charge in [-0.15, -0.1) is 0 Å². The van der Waals surface area contributed by atoms with Crippen LogP contribution >= 0.6 is 23.2 Å². The van der Waals surface area contributed by atoms with Crippen molar-refractivity contribution in [1.29, 1.82) is 0 Å². The first-order valence-corrected chi connectivity index (χ1v) is 8.28. The van der Waals surface area contributed by atoms with Crippen molar-refractivity contribution < 1.29 is 13.2 Å². The second-order valence-corrected chi connectivity index (χ2v) is 7.30. The standard InChI is InChI=1S/C12H15Cl2NO3S/c13-10-2-1-8(6-11(10)14)5-9-7-18-4-3-12(9)19(15,16)17/h1-2,6,9,12H,3-5,7H2,(H2,15,16,17)/t9-,12+/m0/s1. The van der Waals surface area contributed by atoms with Crippen LogP contribution in [0.5, 0.6) is 0 Å². The smallest absolute Gasteiger partial charge is 0.212 e. The van der Waals surface area contributed by atoms with Crippen molar-refractivity contribution >= 4 is 33.2 Å². The number of benzene rings is 1. The Balaban J connectivity index is 2.17. The molecule has 1 fully saturated rings. The van der Waals surface area contributed by atoms with Crippen LogP contribution in [0.3, 0.4) is 0 Å². The fraction of sp³-hybridized carbons (Fsp3) is 0.500. The van der Waals surface area contributed by atoms with Gasteiger partial charge >= 0.3 is 0 Å². The lowest BCUT2D eigenvalue weighted by atomic mass is 9.93. The van der Waals surface area contributed by atoms with Gasteiger partial charge in [0.2, 0.25) is 10.0 Å². The molecule has 2 rings (SSSR count). The number of ether oxygens (including phenoxy) is 1. The Morgan fingerprint density at radius 1 is 1.32 bits per heavy atom. The molecule has 0 amide bonds. The number of hydrogen-bond acceptors (Lipinski definition) is 3. The molecule has 1 aliphatic heterocycles. The second kappa shape index (κ2) is 5.97. The Kier molecular flexibility index (Phi) is 4.74. The minimum absolute atomic E-state index is 0.152. The summed E-state index contributed by atoms with van der Waals surface area (Å²) in [4.78, 5) is 0. The van der Waals surface area contributed by atoms with E-state index >= 15 is 0 Å². The van der Waals surface area contributed by atoms with Gasteiger partial charge < -0.3 is 4.74 Å².